The molecule has 0 atom stereocenters. The van der Waals surface area contributed by atoms with Gasteiger partial charge < -0.3 is 0 Å². The highest BCUT2D eigenvalue weighted by atomic mass is 32.2. The van der Waals surface area contributed by atoms with E-state index in [-0.39, 0.29) is 17.3 Å². The second kappa shape index (κ2) is 7.30. The van der Waals surface area contributed by atoms with Crippen molar-refractivity contribution in [3.8, 4) is 0 Å². The molecule has 3 aromatic rings. The van der Waals surface area contributed by atoms with E-state index >= 15 is 0 Å². The van der Waals surface area contributed by atoms with Gasteiger partial charge in [-0.1, -0.05) is 36.4 Å². The molecular weight excluding hydrogens is 349 g/mol. The summed E-state index contributed by atoms with van der Waals surface area (Å²) in [7, 11) is -3.76. The summed E-state index contributed by atoms with van der Waals surface area (Å²) in [4.78, 5) is 0.223. The first kappa shape index (κ1) is 18.1. The molecule has 0 radical (unpaired) electrons. The zero-order valence-electron chi connectivity index (χ0n) is 14.7. The predicted octanol–water partition coefficient (Wildman–Crippen LogP) is 4.84. The molecule has 3 aromatic carbocycles. The smallest absolute Gasteiger partial charge is 0.262 e. The van der Waals surface area contributed by atoms with Gasteiger partial charge in [0.1, 0.15) is 5.82 Å². The highest BCUT2D eigenvalue weighted by molar-refractivity contribution is 7.92. The molecule has 26 heavy (non-hydrogen) atoms. The summed E-state index contributed by atoms with van der Waals surface area (Å²) in [5.41, 5.74) is 3.26. The van der Waals surface area contributed by atoms with Crippen LogP contribution in [-0.2, 0) is 16.6 Å². The predicted molar refractivity (Wildman–Crippen MR) is 102 cm³/mol. The quantitative estimate of drug-likeness (QED) is 0.645. The average Bonchev–Trinajstić information content (AvgIpc) is 2.61. The molecule has 0 aliphatic heterocycles. The number of rotatable bonds is 5. The van der Waals surface area contributed by atoms with Crippen LogP contribution in [-0.4, -0.2) is 8.42 Å². The Hall–Kier alpha value is -2.66. The minimum atomic E-state index is -3.76. The third-order valence-corrected chi connectivity index (χ3v) is 5.85. The molecule has 3 nitrogen and oxygen atoms in total. The SMILES string of the molecule is Cc1cc(C)cc(N(Cc2ccc(F)cc2)S(=O)(=O)c2ccccc2)c1. The van der Waals surface area contributed by atoms with Crippen molar-refractivity contribution in [3.05, 3.63) is 95.3 Å². The van der Waals surface area contributed by atoms with Crippen molar-refractivity contribution >= 4 is 15.7 Å². The van der Waals surface area contributed by atoms with Crippen molar-refractivity contribution in [1.29, 1.82) is 0 Å². The number of hydrogen-bond acceptors (Lipinski definition) is 2. The molecule has 0 N–H and O–H groups in total. The van der Waals surface area contributed by atoms with Crippen LogP contribution in [0.4, 0.5) is 10.1 Å². The Bertz CT molecular complexity index is 980. The molecule has 0 fully saturated rings. The van der Waals surface area contributed by atoms with Crippen molar-refractivity contribution in [1.82, 2.24) is 0 Å². The van der Waals surface area contributed by atoms with Crippen molar-refractivity contribution in [2.24, 2.45) is 0 Å². The van der Waals surface area contributed by atoms with Crippen LogP contribution in [0, 0.1) is 19.7 Å². The fourth-order valence-corrected chi connectivity index (χ4v) is 4.34. The van der Waals surface area contributed by atoms with Gasteiger partial charge in [-0.3, -0.25) is 4.31 Å². The first-order valence-electron chi connectivity index (χ1n) is 8.27. The lowest BCUT2D eigenvalue weighted by molar-refractivity contribution is 0.590. The number of anilines is 1. The second-order valence-corrected chi connectivity index (χ2v) is 8.16. The maximum Gasteiger partial charge on any atom is 0.264 e. The van der Waals surface area contributed by atoms with Crippen LogP contribution in [0.25, 0.3) is 0 Å². The summed E-state index contributed by atoms with van der Waals surface area (Å²) in [5, 5.41) is 0. The van der Waals surface area contributed by atoms with Gasteiger partial charge in [-0.25, -0.2) is 12.8 Å². The van der Waals surface area contributed by atoms with E-state index in [9.17, 15) is 12.8 Å². The lowest BCUT2D eigenvalue weighted by Gasteiger charge is -2.25. The minimum absolute atomic E-state index is 0.125. The normalized spacial score (nSPS) is 11.3. The zero-order chi connectivity index (χ0) is 18.7. The molecule has 0 spiro atoms. The zero-order valence-corrected chi connectivity index (χ0v) is 15.5. The van der Waals surface area contributed by atoms with Crippen molar-refractivity contribution in [3.63, 3.8) is 0 Å². The van der Waals surface area contributed by atoms with Crippen molar-refractivity contribution in [2.75, 3.05) is 4.31 Å². The molecule has 0 amide bonds. The summed E-state index contributed by atoms with van der Waals surface area (Å²) in [6.07, 6.45) is 0. The number of halogens is 1. The number of benzene rings is 3. The molecule has 0 saturated carbocycles. The highest BCUT2D eigenvalue weighted by Gasteiger charge is 2.25. The van der Waals surface area contributed by atoms with Crippen molar-refractivity contribution in [2.45, 2.75) is 25.3 Å². The first-order valence-corrected chi connectivity index (χ1v) is 9.71. The maximum absolute atomic E-state index is 13.3. The Kier molecular flexibility index (Phi) is 5.09. The Balaban J connectivity index is 2.10. The van der Waals surface area contributed by atoms with E-state index < -0.39 is 10.0 Å². The molecule has 0 heterocycles. The summed E-state index contributed by atoms with van der Waals surface area (Å²) < 4.78 is 41.1. The lowest BCUT2D eigenvalue weighted by atomic mass is 10.1. The monoisotopic (exact) mass is 369 g/mol. The Morgan fingerprint density at radius 1 is 0.846 bits per heavy atom. The molecule has 5 heteroatoms. The molecule has 0 aliphatic rings. The minimum Gasteiger partial charge on any atom is -0.262 e. The highest BCUT2D eigenvalue weighted by Crippen LogP contribution is 2.28. The van der Waals surface area contributed by atoms with Gasteiger partial charge in [-0.2, -0.15) is 0 Å². The van der Waals surface area contributed by atoms with E-state index in [0.717, 1.165) is 11.1 Å². The molecular formula is C21H20FNO2S. The molecule has 0 aromatic heterocycles. The van der Waals surface area contributed by atoms with Gasteiger partial charge in [0.15, 0.2) is 0 Å². The standard InChI is InChI=1S/C21H20FNO2S/c1-16-12-17(2)14-20(13-16)23(15-18-8-10-19(22)11-9-18)26(24,25)21-6-4-3-5-7-21/h3-14H,15H2,1-2H3. The van der Waals surface area contributed by atoms with E-state index in [4.69, 9.17) is 0 Å². The van der Waals surface area contributed by atoms with Gasteiger partial charge in [0.2, 0.25) is 0 Å². The van der Waals surface area contributed by atoms with Crippen LogP contribution in [0.1, 0.15) is 16.7 Å². The largest absolute Gasteiger partial charge is 0.264 e. The molecule has 0 unspecified atom stereocenters. The Morgan fingerprint density at radius 2 is 1.42 bits per heavy atom. The van der Waals surface area contributed by atoms with Gasteiger partial charge in [0.25, 0.3) is 10.0 Å². The molecule has 0 aliphatic carbocycles. The second-order valence-electron chi connectivity index (χ2n) is 6.30. The third-order valence-electron chi connectivity index (χ3n) is 4.07. The van der Waals surface area contributed by atoms with Crippen molar-refractivity contribution < 1.29 is 12.8 Å². The topological polar surface area (TPSA) is 37.4 Å². The molecule has 134 valence electrons. The van der Waals surface area contributed by atoms with Gasteiger partial charge in [-0.15, -0.1) is 0 Å². The Labute approximate surface area is 153 Å². The Morgan fingerprint density at radius 3 is 2.00 bits per heavy atom. The van der Waals surface area contributed by atoms with Crippen LogP contribution in [0.3, 0.4) is 0 Å². The van der Waals surface area contributed by atoms with Crippen LogP contribution < -0.4 is 4.31 Å². The fraction of sp³-hybridized carbons (Fsp3) is 0.143. The fourth-order valence-electron chi connectivity index (χ4n) is 2.89. The van der Waals surface area contributed by atoms with Crippen LogP contribution in [0.2, 0.25) is 0 Å². The average molecular weight is 369 g/mol. The third kappa shape index (κ3) is 3.94. The summed E-state index contributed by atoms with van der Waals surface area (Å²) >= 11 is 0. The number of aryl methyl sites for hydroxylation is 2. The van der Waals surface area contributed by atoms with Crippen LogP contribution in [0.15, 0.2) is 77.7 Å². The van der Waals surface area contributed by atoms with Gasteiger partial charge in [0.05, 0.1) is 17.1 Å². The molecule has 3 rings (SSSR count). The van der Waals surface area contributed by atoms with Gasteiger partial charge in [0, 0.05) is 0 Å². The molecule has 0 saturated heterocycles. The van der Waals surface area contributed by atoms with E-state index in [1.165, 1.54) is 16.4 Å². The summed E-state index contributed by atoms with van der Waals surface area (Å²) in [6.45, 7) is 3.99. The first-order chi connectivity index (χ1) is 12.4. The van der Waals surface area contributed by atoms with Gasteiger partial charge in [-0.05, 0) is 66.9 Å². The van der Waals surface area contributed by atoms with E-state index in [1.807, 2.05) is 32.0 Å². The van der Waals surface area contributed by atoms with Gasteiger partial charge >= 0.3 is 0 Å². The number of sulfonamides is 1. The van der Waals surface area contributed by atoms with E-state index in [2.05, 4.69) is 0 Å². The summed E-state index contributed by atoms with van der Waals surface area (Å²) in [6, 6.07) is 19.9. The van der Waals surface area contributed by atoms with E-state index in [0.29, 0.717) is 11.3 Å². The molecule has 0 bridgehead atoms. The summed E-state index contributed by atoms with van der Waals surface area (Å²) in [5.74, 6) is -0.349. The van der Waals surface area contributed by atoms with Crippen LogP contribution in [0.5, 0.6) is 0 Å². The number of nitrogens with zero attached hydrogens (tertiary/aromatic N) is 1. The number of hydrogen-bond donors (Lipinski definition) is 0. The lowest BCUT2D eigenvalue weighted by Crippen LogP contribution is -2.30. The van der Waals surface area contributed by atoms with E-state index in [1.54, 1.807) is 42.5 Å². The van der Waals surface area contributed by atoms with Crippen LogP contribution >= 0.6 is 0 Å². The maximum atomic E-state index is 13.3.